The zero-order valence-corrected chi connectivity index (χ0v) is 15.0. The van der Waals surface area contributed by atoms with Crippen molar-refractivity contribution in [2.45, 2.75) is 12.5 Å². The summed E-state index contributed by atoms with van der Waals surface area (Å²) in [6, 6.07) is 11.8. The lowest BCUT2D eigenvalue weighted by Crippen LogP contribution is -2.40. The Morgan fingerprint density at radius 3 is 2.74 bits per heavy atom. The van der Waals surface area contributed by atoms with Crippen molar-refractivity contribution >= 4 is 34.9 Å². The summed E-state index contributed by atoms with van der Waals surface area (Å²) >= 11 is 1.55. The number of hydrogen-bond acceptors (Lipinski definition) is 5. The van der Waals surface area contributed by atoms with Crippen LogP contribution in [0.25, 0.3) is 10.6 Å². The fraction of sp³-hybridized carbons (Fsp3) is 0.111. The lowest BCUT2D eigenvalue weighted by Gasteiger charge is -2.21. The van der Waals surface area contributed by atoms with Gasteiger partial charge in [0.2, 0.25) is 0 Å². The van der Waals surface area contributed by atoms with Gasteiger partial charge in [-0.3, -0.25) is 20.0 Å². The van der Waals surface area contributed by atoms with E-state index in [0.29, 0.717) is 11.3 Å². The molecule has 1 aliphatic heterocycles. The molecule has 0 bridgehead atoms. The minimum absolute atomic E-state index is 0.252. The summed E-state index contributed by atoms with van der Waals surface area (Å²) in [6.45, 7) is 1.61. The van der Waals surface area contributed by atoms with Crippen molar-refractivity contribution < 1.29 is 14.4 Å². The molecule has 1 aliphatic rings. The van der Waals surface area contributed by atoms with E-state index in [9.17, 15) is 14.4 Å². The number of imide groups is 1. The molecular formula is C18H15N5O3S. The SMILES string of the molecule is CC1(c2cccc(NC(=O)c3cc(-c4cccs4)[nH]n3)c2)NC(=O)NC1=O. The third-order valence-electron chi connectivity index (χ3n) is 4.34. The van der Waals surface area contributed by atoms with Crippen LogP contribution in [0, 0.1) is 0 Å². The van der Waals surface area contributed by atoms with E-state index >= 15 is 0 Å². The number of benzene rings is 1. The first-order valence-corrected chi connectivity index (χ1v) is 8.98. The maximum absolute atomic E-state index is 12.5. The molecule has 27 heavy (non-hydrogen) atoms. The first kappa shape index (κ1) is 17.0. The highest BCUT2D eigenvalue weighted by Gasteiger charge is 2.43. The standard InChI is InChI=1S/C18H15N5O3S/c1-18(16(25)20-17(26)21-18)10-4-2-5-11(8-10)19-15(24)13-9-12(22-23-13)14-6-3-7-27-14/h2-9H,1H3,(H,19,24)(H,22,23)(H2,20,21,25,26). The molecule has 2 aromatic heterocycles. The lowest BCUT2D eigenvalue weighted by molar-refractivity contribution is -0.123. The van der Waals surface area contributed by atoms with Gasteiger partial charge >= 0.3 is 6.03 Å². The van der Waals surface area contributed by atoms with Crippen LogP contribution in [-0.4, -0.2) is 28.0 Å². The normalized spacial score (nSPS) is 18.9. The number of carbonyl (C=O) groups excluding carboxylic acids is 3. The highest BCUT2D eigenvalue weighted by atomic mass is 32.1. The maximum Gasteiger partial charge on any atom is 0.322 e. The topological polar surface area (TPSA) is 116 Å². The van der Waals surface area contributed by atoms with Gasteiger partial charge in [0, 0.05) is 5.69 Å². The Morgan fingerprint density at radius 1 is 1.19 bits per heavy atom. The monoisotopic (exact) mass is 381 g/mol. The van der Waals surface area contributed by atoms with Crippen molar-refractivity contribution in [1.29, 1.82) is 0 Å². The molecule has 4 rings (SSSR count). The van der Waals surface area contributed by atoms with Crippen LogP contribution in [-0.2, 0) is 10.3 Å². The molecule has 136 valence electrons. The van der Waals surface area contributed by atoms with E-state index in [0.717, 1.165) is 10.6 Å². The van der Waals surface area contributed by atoms with Crippen molar-refractivity contribution in [1.82, 2.24) is 20.8 Å². The van der Waals surface area contributed by atoms with Gasteiger partial charge < -0.3 is 10.6 Å². The molecular weight excluding hydrogens is 366 g/mol. The number of anilines is 1. The second-order valence-electron chi connectivity index (χ2n) is 6.21. The van der Waals surface area contributed by atoms with Crippen LogP contribution in [0.2, 0.25) is 0 Å². The molecule has 3 aromatic rings. The zero-order valence-electron chi connectivity index (χ0n) is 14.2. The summed E-state index contributed by atoms with van der Waals surface area (Å²) < 4.78 is 0. The van der Waals surface area contributed by atoms with E-state index in [-0.39, 0.29) is 11.6 Å². The van der Waals surface area contributed by atoms with E-state index < -0.39 is 17.5 Å². The number of thiophene rings is 1. The van der Waals surface area contributed by atoms with E-state index in [1.165, 1.54) is 0 Å². The number of rotatable bonds is 4. The summed E-state index contributed by atoms with van der Waals surface area (Å²) in [5.41, 5.74) is 0.887. The molecule has 1 aromatic carbocycles. The Morgan fingerprint density at radius 2 is 2.04 bits per heavy atom. The molecule has 0 saturated carbocycles. The summed E-state index contributed by atoms with van der Waals surface area (Å²) in [5, 5.41) is 16.4. The van der Waals surface area contributed by atoms with Crippen molar-refractivity contribution in [2.75, 3.05) is 5.32 Å². The Balaban J connectivity index is 1.54. The van der Waals surface area contributed by atoms with Crippen LogP contribution in [0.3, 0.4) is 0 Å². The van der Waals surface area contributed by atoms with E-state index in [2.05, 4.69) is 26.1 Å². The second kappa shape index (κ2) is 6.36. The van der Waals surface area contributed by atoms with Crippen molar-refractivity contribution in [3.05, 3.63) is 59.1 Å². The van der Waals surface area contributed by atoms with Gasteiger partial charge in [0.1, 0.15) is 5.54 Å². The number of aromatic amines is 1. The minimum atomic E-state index is -1.18. The van der Waals surface area contributed by atoms with Crippen molar-refractivity contribution in [3.8, 4) is 10.6 Å². The van der Waals surface area contributed by atoms with Gasteiger partial charge in [-0.2, -0.15) is 5.10 Å². The van der Waals surface area contributed by atoms with E-state index in [1.54, 1.807) is 48.6 Å². The average molecular weight is 381 g/mol. The highest BCUT2D eigenvalue weighted by molar-refractivity contribution is 7.13. The van der Waals surface area contributed by atoms with E-state index in [4.69, 9.17) is 0 Å². The molecule has 1 atom stereocenters. The number of carbonyl (C=O) groups is 3. The third kappa shape index (κ3) is 3.08. The number of urea groups is 1. The molecule has 1 saturated heterocycles. The number of aromatic nitrogens is 2. The minimum Gasteiger partial charge on any atom is -0.321 e. The first-order chi connectivity index (χ1) is 13.0. The van der Waals surface area contributed by atoms with Gasteiger partial charge in [0.25, 0.3) is 11.8 Å². The molecule has 8 nitrogen and oxygen atoms in total. The van der Waals surface area contributed by atoms with Crippen molar-refractivity contribution in [3.63, 3.8) is 0 Å². The predicted molar refractivity (Wildman–Crippen MR) is 100 cm³/mol. The average Bonchev–Trinajstić information content (AvgIpc) is 3.36. The smallest absolute Gasteiger partial charge is 0.321 e. The maximum atomic E-state index is 12.5. The Kier molecular flexibility index (Phi) is 4.00. The van der Waals surface area contributed by atoms with Gasteiger partial charge in [-0.1, -0.05) is 18.2 Å². The van der Waals surface area contributed by atoms with Crippen LogP contribution >= 0.6 is 11.3 Å². The molecule has 0 aliphatic carbocycles. The number of amides is 4. The van der Waals surface area contributed by atoms with Crippen LogP contribution in [0.15, 0.2) is 47.8 Å². The van der Waals surface area contributed by atoms with Gasteiger partial charge in [0.15, 0.2) is 5.69 Å². The molecule has 0 spiro atoms. The number of nitrogens with zero attached hydrogens (tertiary/aromatic N) is 1. The molecule has 1 fully saturated rings. The molecule has 3 heterocycles. The summed E-state index contributed by atoms with van der Waals surface area (Å²) in [5.74, 6) is -0.819. The predicted octanol–water partition coefficient (Wildman–Crippen LogP) is 2.45. The van der Waals surface area contributed by atoms with Gasteiger partial charge in [-0.15, -0.1) is 11.3 Å². The number of H-pyrrole nitrogens is 1. The highest BCUT2D eigenvalue weighted by Crippen LogP contribution is 2.27. The second-order valence-corrected chi connectivity index (χ2v) is 7.16. The fourth-order valence-electron chi connectivity index (χ4n) is 2.85. The van der Waals surface area contributed by atoms with Crippen LogP contribution < -0.4 is 16.0 Å². The fourth-order valence-corrected chi connectivity index (χ4v) is 3.54. The van der Waals surface area contributed by atoms with Gasteiger partial charge in [0.05, 0.1) is 10.6 Å². The zero-order chi connectivity index (χ0) is 19.0. The van der Waals surface area contributed by atoms with E-state index in [1.807, 2.05) is 17.5 Å². The number of hydrogen-bond donors (Lipinski definition) is 4. The molecule has 4 N–H and O–H groups in total. The third-order valence-corrected chi connectivity index (χ3v) is 5.24. The summed E-state index contributed by atoms with van der Waals surface area (Å²) in [6.07, 6.45) is 0. The molecule has 4 amide bonds. The Labute approximate surface area is 158 Å². The quantitative estimate of drug-likeness (QED) is 0.520. The Bertz CT molecular complexity index is 1040. The van der Waals surface area contributed by atoms with Crippen LogP contribution in [0.5, 0.6) is 0 Å². The molecule has 9 heteroatoms. The lowest BCUT2D eigenvalue weighted by atomic mass is 9.92. The first-order valence-electron chi connectivity index (χ1n) is 8.10. The van der Waals surface area contributed by atoms with Gasteiger partial charge in [-0.25, -0.2) is 4.79 Å². The van der Waals surface area contributed by atoms with Crippen LogP contribution in [0.1, 0.15) is 23.0 Å². The van der Waals surface area contributed by atoms with Gasteiger partial charge in [-0.05, 0) is 42.1 Å². The number of nitrogens with one attached hydrogen (secondary N) is 4. The van der Waals surface area contributed by atoms with Crippen molar-refractivity contribution in [2.24, 2.45) is 0 Å². The molecule has 1 unspecified atom stereocenters. The largest absolute Gasteiger partial charge is 0.322 e. The Hall–Kier alpha value is -3.46. The summed E-state index contributed by atoms with van der Waals surface area (Å²) in [4.78, 5) is 37.0. The summed E-state index contributed by atoms with van der Waals surface area (Å²) in [7, 11) is 0. The van der Waals surface area contributed by atoms with Crippen LogP contribution in [0.4, 0.5) is 10.5 Å². The molecule has 0 radical (unpaired) electrons.